The Morgan fingerprint density at radius 2 is 1.03 bits per heavy atom. The van der Waals surface area contributed by atoms with Crippen LogP contribution in [0.5, 0.6) is 0 Å². The second kappa shape index (κ2) is 11.3. The molecule has 0 spiro atoms. The maximum Gasteiger partial charge on any atom is 0.247 e. The Balaban J connectivity index is 1.16. The molecule has 32 heavy (non-hydrogen) atoms. The number of aliphatic hydroxyl groups is 2. The highest BCUT2D eigenvalue weighted by molar-refractivity contribution is 7.98. The van der Waals surface area contributed by atoms with Gasteiger partial charge in [0.05, 0.1) is 23.7 Å². The minimum Gasteiger partial charge on any atom is -0.420 e. The number of hydrogen-bond donors (Lipinski definition) is 2. The molecule has 2 heterocycles. The van der Waals surface area contributed by atoms with Crippen LogP contribution in [-0.2, 0) is 11.5 Å². The van der Waals surface area contributed by atoms with Gasteiger partial charge in [-0.05, 0) is 24.3 Å². The van der Waals surface area contributed by atoms with Crippen LogP contribution in [0.2, 0.25) is 0 Å². The molecule has 0 amide bonds. The predicted octanol–water partition coefficient (Wildman–Crippen LogP) is 3.68. The number of thioether (sulfide) groups is 2. The van der Waals surface area contributed by atoms with Crippen molar-refractivity contribution < 1.29 is 19.0 Å². The zero-order valence-corrected chi connectivity index (χ0v) is 18.7. The number of hydrogen-bond acceptors (Lipinski definition) is 10. The molecule has 8 nitrogen and oxygen atoms in total. The van der Waals surface area contributed by atoms with Gasteiger partial charge in [0.2, 0.25) is 23.6 Å². The predicted molar refractivity (Wildman–Crippen MR) is 124 cm³/mol. The smallest absolute Gasteiger partial charge is 0.247 e. The summed E-state index contributed by atoms with van der Waals surface area (Å²) < 4.78 is 11.3. The van der Waals surface area contributed by atoms with Gasteiger partial charge in [-0.25, -0.2) is 0 Å². The maximum atomic E-state index is 10.2. The van der Waals surface area contributed by atoms with Crippen molar-refractivity contribution >= 4 is 23.5 Å². The molecule has 2 aromatic heterocycles. The number of nitrogens with zero attached hydrogens (tertiary/aromatic N) is 4. The fourth-order valence-corrected chi connectivity index (χ4v) is 4.52. The van der Waals surface area contributed by atoms with Gasteiger partial charge >= 0.3 is 0 Å². The van der Waals surface area contributed by atoms with Crippen molar-refractivity contribution in [3.8, 4) is 22.9 Å². The molecular formula is C22H22N4O4S2. The summed E-state index contributed by atoms with van der Waals surface area (Å²) in [7, 11) is 0. The highest BCUT2D eigenvalue weighted by atomic mass is 32.2. The molecule has 0 aliphatic carbocycles. The quantitative estimate of drug-likeness (QED) is 0.336. The third kappa shape index (κ3) is 6.19. The van der Waals surface area contributed by atoms with E-state index in [0.717, 1.165) is 11.1 Å². The van der Waals surface area contributed by atoms with Crippen LogP contribution in [0.25, 0.3) is 22.9 Å². The molecule has 0 saturated heterocycles. The van der Waals surface area contributed by atoms with Crippen molar-refractivity contribution in [2.75, 3.05) is 11.5 Å². The van der Waals surface area contributed by atoms with E-state index in [1.165, 1.54) is 23.5 Å². The van der Waals surface area contributed by atoms with Crippen molar-refractivity contribution in [1.29, 1.82) is 0 Å². The first-order valence-electron chi connectivity index (χ1n) is 9.96. The van der Waals surface area contributed by atoms with Gasteiger partial charge in [0, 0.05) is 22.6 Å². The van der Waals surface area contributed by atoms with Crippen LogP contribution in [0.15, 0.2) is 69.5 Å². The molecule has 2 atom stereocenters. The molecule has 2 unspecified atom stereocenters. The van der Waals surface area contributed by atoms with E-state index in [0.29, 0.717) is 46.6 Å². The molecule has 2 N–H and O–H groups in total. The van der Waals surface area contributed by atoms with E-state index in [-0.39, 0.29) is 0 Å². The Kier molecular flexibility index (Phi) is 7.94. The van der Waals surface area contributed by atoms with Gasteiger partial charge in [0.1, 0.15) is 0 Å². The van der Waals surface area contributed by atoms with Crippen LogP contribution in [0.3, 0.4) is 0 Å². The van der Waals surface area contributed by atoms with Gasteiger partial charge in [-0.2, -0.15) is 0 Å². The van der Waals surface area contributed by atoms with Crippen molar-refractivity contribution in [1.82, 2.24) is 20.4 Å². The lowest BCUT2D eigenvalue weighted by Crippen LogP contribution is -2.30. The van der Waals surface area contributed by atoms with E-state index in [4.69, 9.17) is 8.83 Å². The summed E-state index contributed by atoms with van der Waals surface area (Å²) >= 11 is 2.85. The first-order valence-corrected chi connectivity index (χ1v) is 12.3. The minimum absolute atomic E-state index is 0.351. The lowest BCUT2D eigenvalue weighted by atomic mass is 10.2. The van der Waals surface area contributed by atoms with Gasteiger partial charge in [0.15, 0.2) is 0 Å². The molecular weight excluding hydrogens is 448 g/mol. The van der Waals surface area contributed by atoms with Crippen molar-refractivity contribution in [3.63, 3.8) is 0 Å². The summed E-state index contributed by atoms with van der Waals surface area (Å²) in [5.41, 5.74) is 1.72. The third-order valence-corrected chi connectivity index (χ3v) is 6.50. The molecule has 4 aromatic rings. The van der Waals surface area contributed by atoms with Crippen LogP contribution < -0.4 is 0 Å². The first kappa shape index (κ1) is 22.5. The van der Waals surface area contributed by atoms with Gasteiger partial charge in [-0.3, -0.25) is 0 Å². The summed E-state index contributed by atoms with van der Waals surface area (Å²) in [5.74, 6) is 3.52. The molecule has 0 aliphatic rings. The molecule has 0 fully saturated rings. The van der Waals surface area contributed by atoms with E-state index < -0.39 is 12.2 Å². The highest BCUT2D eigenvalue weighted by Crippen LogP contribution is 2.22. The molecule has 0 bridgehead atoms. The Hall–Kier alpha value is -2.66. The van der Waals surface area contributed by atoms with E-state index in [1.54, 1.807) is 0 Å². The number of aliphatic hydroxyl groups excluding tert-OH is 2. The van der Waals surface area contributed by atoms with Crippen LogP contribution in [0.4, 0.5) is 0 Å². The minimum atomic E-state index is -0.869. The van der Waals surface area contributed by atoms with Crippen LogP contribution in [0, 0.1) is 0 Å². The van der Waals surface area contributed by atoms with Crippen molar-refractivity contribution in [2.45, 2.75) is 23.7 Å². The lowest BCUT2D eigenvalue weighted by Gasteiger charge is -2.16. The monoisotopic (exact) mass is 470 g/mol. The summed E-state index contributed by atoms with van der Waals surface area (Å²) in [6.07, 6.45) is -1.74. The second-order valence-electron chi connectivity index (χ2n) is 6.90. The van der Waals surface area contributed by atoms with E-state index in [2.05, 4.69) is 20.4 Å². The lowest BCUT2D eigenvalue weighted by molar-refractivity contribution is 0.0499. The van der Waals surface area contributed by atoms with E-state index in [9.17, 15) is 10.2 Å². The van der Waals surface area contributed by atoms with Gasteiger partial charge in [0.25, 0.3) is 0 Å². The summed E-state index contributed by atoms with van der Waals surface area (Å²) in [6.45, 7) is 0. The Morgan fingerprint density at radius 1 is 0.625 bits per heavy atom. The topological polar surface area (TPSA) is 118 Å². The number of benzene rings is 2. The summed E-state index contributed by atoms with van der Waals surface area (Å²) in [6, 6.07) is 19.1. The van der Waals surface area contributed by atoms with Crippen LogP contribution >= 0.6 is 23.5 Å². The Bertz CT molecular complexity index is 1000. The average Bonchev–Trinajstić information content (AvgIpc) is 3.50. The first-order chi connectivity index (χ1) is 15.7. The van der Waals surface area contributed by atoms with Crippen molar-refractivity contribution in [3.05, 3.63) is 72.4 Å². The van der Waals surface area contributed by atoms with Gasteiger partial charge in [-0.1, -0.05) is 36.4 Å². The van der Waals surface area contributed by atoms with E-state index >= 15 is 0 Å². The average molecular weight is 471 g/mol. The molecule has 0 radical (unpaired) electrons. The van der Waals surface area contributed by atoms with E-state index in [1.807, 2.05) is 60.7 Å². The van der Waals surface area contributed by atoms with Crippen LogP contribution in [-0.4, -0.2) is 54.3 Å². The summed E-state index contributed by atoms with van der Waals surface area (Å²) in [5, 5.41) is 36.6. The number of rotatable bonds is 11. The third-order valence-electron chi connectivity index (χ3n) is 4.45. The molecule has 166 valence electrons. The fraction of sp³-hybridized carbons (Fsp3) is 0.273. The highest BCUT2D eigenvalue weighted by Gasteiger charge is 2.18. The standard InChI is InChI=1S/C22H22N4O4S2/c27-17(11-31-13-19-23-25-21(29-19)15-7-3-1-4-8-15)18(28)12-32-14-20-24-26-22(30-20)16-9-5-2-6-10-16/h1-10,17-18,27-28H,11-14H2. The normalized spacial score (nSPS) is 13.2. The second-order valence-corrected chi connectivity index (χ2v) is 8.96. The SMILES string of the molecule is OC(CSCc1nnc(-c2ccccc2)o1)C(O)CSCc1nnc(-c2ccccc2)o1. The fourth-order valence-electron chi connectivity index (χ4n) is 2.77. The maximum absolute atomic E-state index is 10.2. The van der Waals surface area contributed by atoms with Crippen molar-refractivity contribution in [2.24, 2.45) is 0 Å². The molecule has 10 heteroatoms. The molecule has 4 rings (SSSR count). The Morgan fingerprint density at radius 3 is 1.44 bits per heavy atom. The van der Waals surface area contributed by atoms with Crippen LogP contribution in [0.1, 0.15) is 11.8 Å². The molecule has 2 aromatic carbocycles. The van der Waals surface area contributed by atoms with Gasteiger partial charge in [-0.15, -0.1) is 43.9 Å². The zero-order valence-electron chi connectivity index (χ0n) is 17.1. The number of aromatic nitrogens is 4. The zero-order chi connectivity index (χ0) is 22.2. The molecule has 0 saturated carbocycles. The van der Waals surface area contributed by atoms with Gasteiger partial charge < -0.3 is 19.0 Å². The summed E-state index contributed by atoms with van der Waals surface area (Å²) in [4.78, 5) is 0. The largest absolute Gasteiger partial charge is 0.420 e. The molecule has 0 aliphatic heterocycles. The Labute approximate surface area is 193 Å².